The minimum Gasteiger partial charge on any atom is -0.335 e. The molecule has 1 fully saturated rings. The highest BCUT2D eigenvalue weighted by molar-refractivity contribution is 5.79. The zero-order chi connectivity index (χ0) is 16.4. The first-order valence-corrected chi connectivity index (χ1v) is 8.10. The summed E-state index contributed by atoms with van der Waals surface area (Å²) in [6.45, 7) is 2.84. The summed E-state index contributed by atoms with van der Waals surface area (Å²) < 4.78 is 0. The molecule has 1 heterocycles. The zero-order valence-electron chi connectivity index (χ0n) is 13.3. The molecule has 0 saturated heterocycles. The number of fused-ring (bicyclic) bond motifs is 1. The Hall–Kier alpha value is -2.21. The van der Waals surface area contributed by atoms with Crippen molar-refractivity contribution in [1.29, 1.82) is 0 Å². The number of nitrogens with one attached hydrogen (secondary N) is 1. The molecule has 6 heteroatoms. The highest BCUT2D eigenvalue weighted by Crippen LogP contribution is 2.26. The lowest BCUT2D eigenvalue weighted by atomic mass is 10.1. The molecule has 2 unspecified atom stereocenters. The van der Waals surface area contributed by atoms with E-state index in [1.165, 1.54) is 0 Å². The SMILES string of the molecule is CCN(Cc1nc2ccccc2c(=O)[nH]1)C(=O)C1CCC(N)C1. The first-order valence-electron chi connectivity index (χ1n) is 8.10. The van der Waals surface area contributed by atoms with Crippen LogP contribution in [0.4, 0.5) is 0 Å². The summed E-state index contributed by atoms with van der Waals surface area (Å²) in [5.74, 6) is 0.625. The van der Waals surface area contributed by atoms with Gasteiger partial charge in [-0.3, -0.25) is 9.59 Å². The molecule has 0 bridgehead atoms. The number of amides is 1. The molecule has 2 aromatic rings. The molecule has 23 heavy (non-hydrogen) atoms. The fourth-order valence-corrected chi connectivity index (χ4v) is 3.24. The second-order valence-corrected chi connectivity index (χ2v) is 6.15. The Balaban J connectivity index is 1.81. The van der Waals surface area contributed by atoms with Crippen LogP contribution < -0.4 is 11.3 Å². The van der Waals surface area contributed by atoms with E-state index in [0.29, 0.717) is 29.8 Å². The van der Waals surface area contributed by atoms with E-state index in [2.05, 4.69) is 9.97 Å². The highest BCUT2D eigenvalue weighted by Gasteiger charge is 2.30. The van der Waals surface area contributed by atoms with Gasteiger partial charge in [-0.05, 0) is 38.3 Å². The molecule has 1 aliphatic carbocycles. The minimum absolute atomic E-state index is 0.00266. The van der Waals surface area contributed by atoms with Gasteiger partial charge < -0.3 is 15.6 Å². The smallest absolute Gasteiger partial charge is 0.258 e. The molecule has 0 aliphatic heterocycles. The molecule has 3 rings (SSSR count). The van der Waals surface area contributed by atoms with Crippen LogP contribution in [0.2, 0.25) is 0 Å². The molecular weight excluding hydrogens is 292 g/mol. The van der Waals surface area contributed by atoms with Crippen molar-refractivity contribution >= 4 is 16.8 Å². The monoisotopic (exact) mass is 314 g/mol. The maximum absolute atomic E-state index is 12.6. The van der Waals surface area contributed by atoms with Gasteiger partial charge in [0.2, 0.25) is 5.91 Å². The van der Waals surface area contributed by atoms with Crippen molar-refractivity contribution in [1.82, 2.24) is 14.9 Å². The summed E-state index contributed by atoms with van der Waals surface area (Å²) >= 11 is 0. The van der Waals surface area contributed by atoms with E-state index in [-0.39, 0.29) is 23.4 Å². The lowest BCUT2D eigenvalue weighted by Crippen LogP contribution is -2.36. The van der Waals surface area contributed by atoms with Crippen molar-refractivity contribution in [2.24, 2.45) is 11.7 Å². The lowest BCUT2D eigenvalue weighted by molar-refractivity contribution is -0.135. The summed E-state index contributed by atoms with van der Waals surface area (Å²) in [7, 11) is 0. The molecule has 1 saturated carbocycles. The van der Waals surface area contributed by atoms with Gasteiger partial charge in [-0.2, -0.15) is 0 Å². The summed E-state index contributed by atoms with van der Waals surface area (Å²) in [5, 5.41) is 0.562. The Bertz CT molecular complexity index is 771. The van der Waals surface area contributed by atoms with Crippen LogP contribution in [0.15, 0.2) is 29.1 Å². The fourth-order valence-electron chi connectivity index (χ4n) is 3.24. The molecule has 1 aliphatic rings. The Morgan fingerprint density at radius 1 is 1.39 bits per heavy atom. The molecule has 122 valence electrons. The number of hydrogen-bond acceptors (Lipinski definition) is 4. The molecule has 1 aromatic carbocycles. The third kappa shape index (κ3) is 3.27. The van der Waals surface area contributed by atoms with Gasteiger partial charge in [-0.1, -0.05) is 12.1 Å². The molecule has 0 spiro atoms. The molecule has 6 nitrogen and oxygen atoms in total. The van der Waals surface area contributed by atoms with Crippen LogP contribution in [0.25, 0.3) is 10.9 Å². The van der Waals surface area contributed by atoms with Gasteiger partial charge in [-0.15, -0.1) is 0 Å². The average Bonchev–Trinajstić information content (AvgIpc) is 2.98. The predicted octanol–water partition coefficient (Wildman–Crippen LogP) is 1.40. The first kappa shape index (κ1) is 15.7. The van der Waals surface area contributed by atoms with Gasteiger partial charge >= 0.3 is 0 Å². The van der Waals surface area contributed by atoms with Gasteiger partial charge in [0.1, 0.15) is 5.82 Å². The van der Waals surface area contributed by atoms with Crippen molar-refractivity contribution in [3.8, 4) is 0 Å². The largest absolute Gasteiger partial charge is 0.335 e. The van der Waals surface area contributed by atoms with E-state index in [0.717, 1.165) is 19.3 Å². The molecule has 1 aromatic heterocycles. The van der Waals surface area contributed by atoms with Gasteiger partial charge in [0.15, 0.2) is 0 Å². The molecule has 1 amide bonds. The maximum atomic E-state index is 12.6. The number of carbonyl (C=O) groups is 1. The Kier molecular flexibility index (Phi) is 4.43. The maximum Gasteiger partial charge on any atom is 0.258 e. The van der Waals surface area contributed by atoms with Crippen molar-refractivity contribution in [2.45, 2.75) is 38.8 Å². The average molecular weight is 314 g/mol. The number of rotatable bonds is 4. The number of nitrogens with zero attached hydrogens (tertiary/aromatic N) is 2. The topological polar surface area (TPSA) is 92.1 Å². The predicted molar refractivity (Wildman–Crippen MR) is 88.8 cm³/mol. The number of H-pyrrole nitrogens is 1. The Morgan fingerprint density at radius 2 is 2.17 bits per heavy atom. The standard InChI is InChI=1S/C17H22N4O2/c1-2-21(17(23)11-7-8-12(18)9-11)10-15-19-14-6-4-3-5-13(14)16(22)20-15/h3-6,11-12H,2,7-10,18H2,1H3,(H,19,20,22). The summed E-state index contributed by atoms with van der Waals surface area (Å²) in [5.41, 5.74) is 6.39. The van der Waals surface area contributed by atoms with Crippen LogP contribution in [0, 0.1) is 5.92 Å². The normalized spacial score (nSPS) is 20.8. The Morgan fingerprint density at radius 3 is 2.87 bits per heavy atom. The molecule has 3 N–H and O–H groups in total. The van der Waals surface area contributed by atoms with Gasteiger partial charge in [-0.25, -0.2) is 4.98 Å². The first-order chi connectivity index (χ1) is 11.1. The number of para-hydroxylation sites is 1. The summed E-state index contributed by atoms with van der Waals surface area (Å²) in [4.78, 5) is 33.8. The number of nitrogens with two attached hydrogens (primary N) is 1. The van der Waals surface area contributed by atoms with Crippen LogP contribution in [0.3, 0.4) is 0 Å². The van der Waals surface area contributed by atoms with Crippen LogP contribution in [-0.4, -0.2) is 33.4 Å². The van der Waals surface area contributed by atoms with Crippen LogP contribution >= 0.6 is 0 Å². The van der Waals surface area contributed by atoms with E-state index in [9.17, 15) is 9.59 Å². The third-order valence-corrected chi connectivity index (χ3v) is 4.52. The van der Waals surface area contributed by atoms with E-state index in [1.807, 2.05) is 25.1 Å². The number of aromatic nitrogens is 2. The second-order valence-electron chi connectivity index (χ2n) is 6.15. The highest BCUT2D eigenvalue weighted by atomic mass is 16.2. The van der Waals surface area contributed by atoms with Gasteiger partial charge in [0.05, 0.1) is 17.4 Å². The van der Waals surface area contributed by atoms with E-state index in [4.69, 9.17) is 5.73 Å². The number of aromatic amines is 1. The van der Waals surface area contributed by atoms with Gasteiger partial charge in [0, 0.05) is 18.5 Å². The lowest BCUT2D eigenvalue weighted by Gasteiger charge is -2.23. The van der Waals surface area contributed by atoms with Crippen molar-refractivity contribution in [3.05, 3.63) is 40.4 Å². The van der Waals surface area contributed by atoms with Crippen molar-refractivity contribution in [2.75, 3.05) is 6.54 Å². The molecule has 2 atom stereocenters. The minimum atomic E-state index is -0.169. The quantitative estimate of drug-likeness (QED) is 0.892. The summed E-state index contributed by atoms with van der Waals surface area (Å²) in [6, 6.07) is 7.34. The molecule has 0 radical (unpaired) electrons. The molecular formula is C17H22N4O2. The van der Waals surface area contributed by atoms with E-state index < -0.39 is 0 Å². The van der Waals surface area contributed by atoms with Crippen LogP contribution in [0.5, 0.6) is 0 Å². The van der Waals surface area contributed by atoms with Crippen LogP contribution in [-0.2, 0) is 11.3 Å². The Labute approximate surface area is 134 Å². The third-order valence-electron chi connectivity index (χ3n) is 4.52. The fraction of sp³-hybridized carbons (Fsp3) is 0.471. The summed E-state index contributed by atoms with van der Waals surface area (Å²) in [6.07, 6.45) is 2.49. The zero-order valence-corrected chi connectivity index (χ0v) is 13.3. The van der Waals surface area contributed by atoms with Crippen molar-refractivity contribution in [3.63, 3.8) is 0 Å². The van der Waals surface area contributed by atoms with E-state index >= 15 is 0 Å². The second kappa shape index (κ2) is 6.50. The van der Waals surface area contributed by atoms with E-state index in [1.54, 1.807) is 11.0 Å². The van der Waals surface area contributed by atoms with Crippen molar-refractivity contribution < 1.29 is 4.79 Å². The van der Waals surface area contributed by atoms with Crippen LogP contribution in [0.1, 0.15) is 32.0 Å². The number of hydrogen-bond donors (Lipinski definition) is 2. The number of benzene rings is 1. The van der Waals surface area contributed by atoms with Gasteiger partial charge in [0.25, 0.3) is 5.56 Å². The number of carbonyl (C=O) groups excluding carboxylic acids is 1.